The van der Waals surface area contributed by atoms with Crippen molar-refractivity contribution in [3.05, 3.63) is 71.9 Å². The first-order chi connectivity index (χ1) is 15.2. The standard InChI is InChI=1S/C25H29N3O3/c29-17-15-22-8-4-5-16-28(22)25(30)14-13-23-26-27-24(31-23)18-19-9-11-21(12-10-19)20-6-2-1-3-7-20/h1-3,6-7,9-12,22,29H,4-5,8,13-18H2/t22-/m0/s1. The molecule has 1 aliphatic rings. The molecule has 1 aliphatic heterocycles. The minimum atomic E-state index is 0.106. The lowest BCUT2D eigenvalue weighted by atomic mass is 9.99. The molecule has 1 atom stereocenters. The van der Waals surface area contributed by atoms with E-state index in [1.165, 1.54) is 11.1 Å². The molecule has 0 saturated carbocycles. The molecule has 6 nitrogen and oxygen atoms in total. The second-order valence-electron chi connectivity index (χ2n) is 8.08. The van der Waals surface area contributed by atoms with E-state index in [-0.39, 0.29) is 18.6 Å². The summed E-state index contributed by atoms with van der Waals surface area (Å²) in [6.45, 7) is 0.894. The van der Waals surface area contributed by atoms with Gasteiger partial charge in [-0.2, -0.15) is 0 Å². The Labute approximate surface area is 182 Å². The van der Waals surface area contributed by atoms with E-state index in [0.717, 1.165) is 31.4 Å². The van der Waals surface area contributed by atoms with Crippen molar-refractivity contribution in [1.82, 2.24) is 15.1 Å². The van der Waals surface area contributed by atoms with Crippen LogP contribution in [0.15, 0.2) is 59.0 Å². The molecule has 1 N–H and O–H groups in total. The molecule has 0 unspecified atom stereocenters. The number of hydrogen-bond donors (Lipinski definition) is 1. The SMILES string of the molecule is O=C(CCc1nnc(Cc2ccc(-c3ccccc3)cc2)o1)N1CCCC[C@H]1CCO. The molecule has 1 amide bonds. The maximum atomic E-state index is 12.7. The molecule has 2 aromatic carbocycles. The molecule has 1 saturated heterocycles. The van der Waals surface area contributed by atoms with Crippen LogP contribution in [0.5, 0.6) is 0 Å². The topological polar surface area (TPSA) is 79.5 Å². The molecule has 1 fully saturated rings. The van der Waals surface area contributed by atoms with E-state index in [1.54, 1.807) is 0 Å². The summed E-state index contributed by atoms with van der Waals surface area (Å²) in [6, 6.07) is 18.8. The first-order valence-electron chi connectivity index (χ1n) is 11.1. The maximum Gasteiger partial charge on any atom is 0.223 e. The molecule has 2 heterocycles. The van der Waals surface area contributed by atoms with E-state index < -0.39 is 0 Å². The molecule has 1 aromatic heterocycles. The number of aliphatic hydroxyl groups excluding tert-OH is 1. The number of aryl methyl sites for hydroxylation is 1. The zero-order valence-corrected chi connectivity index (χ0v) is 17.7. The highest BCUT2D eigenvalue weighted by atomic mass is 16.4. The Morgan fingerprint density at radius 3 is 2.52 bits per heavy atom. The highest BCUT2D eigenvalue weighted by molar-refractivity contribution is 5.76. The van der Waals surface area contributed by atoms with Crippen molar-refractivity contribution >= 4 is 5.91 Å². The fourth-order valence-corrected chi connectivity index (χ4v) is 4.22. The molecule has 0 bridgehead atoms. The summed E-state index contributed by atoms with van der Waals surface area (Å²) in [7, 11) is 0. The molecule has 6 heteroatoms. The molecule has 3 aromatic rings. The monoisotopic (exact) mass is 419 g/mol. The Kier molecular flexibility index (Phi) is 7.10. The van der Waals surface area contributed by atoms with E-state index in [1.807, 2.05) is 23.1 Å². The van der Waals surface area contributed by atoms with Gasteiger partial charge in [-0.05, 0) is 42.4 Å². The summed E-state index contributed by atoms with van der Waals surface area (Å²) < 4.78 is 5.78. The highest BCUT2D eigenvalue weighted by Gasteiger charge is 2.26. The van der Waals surface area contributed by atoms with Crippen LogP contribution in [0.25, 0.3) is 11.1 Å². The van der Waals surface area contributed by atoms with Crippen LogP contribution < -0.4 is 0 Å². The Morgan fingerprint density at radius 1 is 1.00 bits per heavy atom. The van der Waals surface area contributed by atoms with E-state index in [0.29, 0.717) is 37.5 Å². The van der Waals surface area contributed by atoms with Crippen molar-refractivity contribution in [2.24, 2.45) is 0 Å². The fraction of sp³-hybridized carbons (Fsp3) is 0.400. The van der Waals surface area contributed by atoms with Gasteiger partial charge < -0.3 is 14.4 Å². The molecule has 4 rings (SSSR count). The summed E-state index contributed by atoms with van der Waals surface area (Å²) in [5.74, 6) is 1.17. The summed E-state index contributed by atoms with van der Waals surface area (Å²) in [6.07, 6.45) is 5.14. The van der Waals surface area contributed by atoms with Crippen molar-refractivity contribution in [2.45, 2.75) is 51.0 Å². The number of benzene rings is 2. The second kappa shape index (κ2) is 10.4. The van der Waals surface area contributed by atoms with Gasteiger partial charge >= 0.3 is 0 Å². The van der Waals surface area contributed by atoms with E-state index >= 15 is 0 Å². The maximum absolute atomic E-state index is 12.7. The number of hydrogen-bond acceptors (Lipinski definition) is 5. The third kappa shape index (κ3) is 5.58. The fourth-order valence-electron chi connectivity index (χ4n) is 4.22. The normalized spacial score (nSPS) is 16.4. The second-order valence-corrected chi connectivity index (χ2v) is 8.08. The predicted octanol–water partition coefficient (Wildman–Crippen LogP) is 4.02. The van der Waals surface area contributed by atoms with Gasteiger partial charge in [0.1, 0.15) is 0 Å². The third-order valence-corrected chi connectivity index (χ3v) is 5.89. The first-order valence-corrected chi connectivity index (χ1v) is 11.1. The number of aliphatic hydroxyl groups is 1. The number of carbonyl (C=O) groups excluding carboxylic acids is 1. The Hall–Kier alpha value is -2.99. The zero-order valence-electron chi connectivity index (χ0n) is 17.7. The summed E-state index contributed by atoms with van der Waals surface area (Å²) in [5.41, 5.74) is 3.46. The smallest absolute Gasteiger partial charge is 0.223 e. The molecule has 162 valence electrons. The first kappa shape index (κ1) is 21.2. The average Bonchev–Trinajstić information content (AvgIpc) is 3.26. The van der Waals surface area contributed by atoms with Gasteiger partial charge in [0.2, 0.25) is 17.7 Å². The number of amides is 1. The number of carbonyl (C=O) groups is 1. The number of rotatable bonds is 8. The van der Waals surface area contributed by atoms with Gasteiger partial charge in [0.25, 0.3) is 0 Å². The number of piperidine rings is 1. The lowest BCUT2D eigenvalue weighted by molar-refractivity contribution is -0.135. The quantitative estimate of drug-likeness (QED) is 0.596. The van der Waals surface area contributed by atoms with Gasteiger partial charge in [-0.15, -0.1) is 10.2 Å². The summed E-state index contributed by atoms with van der Waals surface area (Å²) >= 11 is 0. The van der Waals surface area contributed by atoms with Crippen molar-refractivity contribution < 1.29 is 14.3 Å². The van der Waals surface area contributed by atoms with E-state index in [9.17, 15) is 9.90 Å². The lowest BCUT2D eigenvalue weighted by Crippen LogP contribution is -2.44. The molecule has 31 heavy (non-hydrogen) atoms. The molecular weight excluding hydrogens is 390 g/mol. The number of nitrogens with zero attached hydrogens (tertiary/aromatic N) is 3. The van der Waals surface area contributed by atoms with Crippen LogP contribution >= 0.6 is 0 Å². The van der Waals surface area contributed by atoms with Crippen LogP contribution in [0.3, 0.4) is 0 Å². The van der Waals surface area contributed by atoms with Crippen LogP contribution in [-0.2, 0) is 17.6 Å². The molecular formula is C25H29N3O3. The zero-order chi connectivity index (χ0) is 21.5. The van der Waals surface area contributed by atoms with E-state index in [4.69, 9.17) is 4.42 Å². The van der Waals surface area contributed by atoms with Gasteiger partial charge in [0.05, 0.1) is 6.42 Å². The Bertz CT molecular complexity index is 967. The van der Waals surface area contributed by atoms with Crippen LogP contribution in [0, 0.1) is 0 Å². The predicted molar refractivity (Wildman–Crippen MR) is 118 cm³/mol. The average molecular weight is 420 g/mol. The number of aromatic nitrogens is 2. The van der Waals surface area contributed by atoms with Gasteiger partial charge in [-0.25, -0.2) is 0 Å². The van der Waals surface area contributed by atoms with Crippen LogP contribution in [0.4, 0.5) is 0 Å². The van der Waals surface area contributed by atoms with Crippen LogP contribution in [0.1, 0.15) is 49.4 Å². The van der Waals surface area contributed by atoms with Gasteiger partial charge in [0.15, 0.2) is 0 Å². The largest absolute Gasteiger partial charge is 0.425 e. The van der Waals surface area contributed by atoms with Crippen molar-refractivity contribution in [3.63, 3.8) is 0 Å². The van der Waals surface area contributed by atoms with Gasteiger partial charge in [-0.3, -0.25) is 4.79 Å². The molecule has 0 aliphatic carbocycles. The lowest BCUT2D eigenvalue weighted by Gasteiger charge is -2.35. The Morgan fingerprint density at radius 2 is 1.74 bits per heavy atom. The molecule has 0 radical (unpaired) electrons. The van der Waals surface area contributed by atoms with Crippen LogP contribution in [0.2, 0.25) is 0 Å². The van der Waals surface area contributed by atoms with E-state index in [2.05, 4.69) is 46.6 Å². The minimum absolute atomic E-state index is 0.106. The highest BCUT2D eigenvalue weighted by Crippen LogP contribution is 2.22. The van der Waals surface area contributed by atoms with Gasteiger partial charge in [0, 0.05) is 32.0 Å². The Balaban J connectivity index is 1.31. The molecule has 0 spiro atoms. The third-order valence-electron chi connectivity index (χ3n) is 5.89. The van der Waals surface area contributed by atoms with Crippen molar-refractivity contribution in [1.29, 1.82) is 0 Å². The van der Waals surface area contributed by atoms with Gasteiger partial charge in [-0.1, -0.05) is 54.6 Å². The number of likely N-dealkylation sites (tertiary alicyclic amines) is 1. The van der Waals surface area contributed by atoms with Crippen molar-refractivity contribution in [2.75, 3.05) is 13.2 Å². The summed E-state index contributed by atoms with van der Waals surface area (Å²) in [4.78, 5) is 14.6. The van der Waals surface area contributed by atoms with Crippen molar-refractivity contribution in [3.8, 4) is 11.1 Å². The van der Waals surface area contributed by atoms with Crippen LogP contribution in [-0.4, -0.2) is 45.3 Å². The minimum Gasteiger partial charge on any atom is -0.425 e. The summed E-state index contributed by atoms with van der Waals surface area (Å²) in [5, 5.41) is 17.5.